The summed E-state index contributed by atoms with van der Waals surface area (Å²) in [7, 11) is 2.23. The highest BCUT2D eigenvalue weighted by atomic mass is 35.5. The van der Waals surface area contributed by atoms with Crippen LogP contribution in [-0.4, -0.2) is 24.5 Å². The zero-order chi connectivity index (χ0) is 9.26. The second kappa shape index (κ2) is 8.31. The first-order chi connectivity index (χ1) is 6.27. The number of piperidine rings is 1. The number of rotatable bonds is 1. The smallest absolute Gasteiger partial charge is 0.00772 e. The van der Waals surface area contributed by atoms with Gasteiger partial charge in [-0.1, -0.05) is 6.07 Å². The van der Waals surface area contributed by atoms with Crippen molar-refractivity contribution in [3.63, 3.8) is 0 Å². The predicted octanol–water partition coefficient (Wildman–Crippen LogP) is 3.95. The van der Waals surface area contributed by atoms with Gasteiger partial charge in [0.05, 0.1) is 0 Å². The second-order valence-electron chi connectivity index (χ2n) is 4.07. The summed E-state index contributed by atoms with van der Waals surface area (Å²) in [6, 6.07) is 5.21. The lowest BCUT2D eigenvalue weighted by Gasteiger charge is -2.34. The van der Waals surface area contributed by atoms with E-state index in [4.69, 9.17) is 0 Å². The number of halogens is 2. The first-order valence-electron chi connectivity index (χ1n) is 5.01. The molecule has 0 aliphatic carbocycles. The monoisotopic (exact) mass is 284 g/mol. The van der Waals surface area contributed by atoms with Crippen molar-refractivity contribution >= 4 is 36.2 Å². The van der Waals surface area contributed by atoms with Gasteiger partial charge in [0.1, 0.15) is 0 Å². The Morgan fingerprint density at radius 2 is 2.06 bits per heavy atom. The van der Waals surface area contributed by atoms with Gasteiger partial charge in [0.2, 0.25) is 0 Å². The van der Waals surface area contributed by atoms with E-state index in [0.717, 1.165) is 12.0 Å². The normalized spacial score (nSPS) is 24.9. The number of hydrogen-bond donors (Lipinski definition) is 1. The summed E-state index contributed by atoms with van der Waals surface area (Å²) in [4.78, 5) is 4.05. The van der Waals surface area contributed by atoms with Crippen LogP contribution >= 0.6 is 36.2 Å². The van der Waals surface area contributed by atoms with Crippen molar-refractivity contribution in [1.29, 1.82) is 0 Å². The molecule has 0 aromatic carbocycles. The zero-order valence-electron chi connectivity index (χ0n) is 9.89. The summed E-state index contributed by atoms with van der Waals surface area (Å²) in [5, 5.41) is 2.19. The molecule has 1 fully saturated rings. The highest BCUT2D eigenvalue weighted by Crippen LogP contribution is 2.33. The third kappa shape index (κ3) is 4.22. The first-order valence-corrected chi connectivity index (χ1v) is 5.89. The van der Waals surface area contributed by atoms with Crippen LogP contribution < -0.4 is 6.15 Å². The quantitative estimate of drug-likeness (QED) is 0.848. The largest absolute Gasteiger partial charge is 0.344 e. The van der Waals surface area contributed by atoms with Crippen LogP contribution in [0.5, 0.6) is 0 Å². The summed E-state index contributed by atoms with van der Waals surface area (Å²) in [5.41, 5.74) is 0. The van der Waals surface area contributed by atoms with Crippen molar-refractivity contribution in [3.05, 3.63) is 22.4 Å². The Hall–Kier alpha value is 0.200. The van der Waals surface area contributed by atoms with Gasteiger partial charge in [-0.15, -0.1) is 36.2 Å². The molecule has 0 bridgehead atoms. The average molecular weight is 285 g/mol. The molecule has 1 saturated heterocycles. The Balaban J connectivity index is 0. The molecule has 2 nitrogen and oxygen atoms in total. The first kappa shape index (κ1) is 18.6. The molecule has 0 radical (unpaired) electrons. The lowest BCUT2D eigenvalue weighted by molar-refractivity contribution is 0.184. The fourth-order valence-electron chi connectivity index (χ4n) is 2.07. The van der Waals surface area contributed by atoms with Crippen LogP contribution in [0.4, 0.5) is 0 Å². The number of likely N-dealkylation sites (tertiary alicyclic amines) is 1. The van der Waals surface area contributed by atoms with Gasteiger partial charge in [-0.25, -0.2) is 0 Å². The maximum Gasteiger partial charge on any atom is 0.00772 e. The van der Waals surface area contributed by atoms with Crippen molar-refractivity contribution in [2.75, 3.05) is 13.6 Å². The molecule has 2 heterocycles. The molecule has 16 heavy (non-hydrogen) atoms. The molecule has 1 aromatic heterocycles. The maximum absolute atomic E-state index is 2.46. The molecular formula is C11H22Cl2N2S. The Bertz CT molecular complexity index is 267. The summed E-state index contributed by atoms with van der Waals surface area (Å²) < 4.78 is 0. The molecule has 5 heteroatoms. The molecule has 3 N–H and O–H groups in total. The van der Waals surface area contributed by atoms with Crippen LogP contribution in [-0.2, 0) is 0 Å². The molecule has 1 aromatic rings. The third-order valence-corrected chi connectivity index (χ3v) is 4.19. The second-order valence-corrected chi connectivity index (χ2v) is 5.05. The molecule has 2 atom stereocenters. The van der Waals surface area contributed by atoms with Crippen LogP contribution in [0, 0.1) is 0 Å². The zero-order valence-corrected chi connectivity index (χ0v) is 12.3. The van der Waals surface area contributed by atoms with Crippen molar-refractivity contribution in [3.8, 4) is 0 Å². The minimum Gasteiger partial charge on any atom is -0.344 e. The Morgan fingerprint density at radius 1 is 1.38 bits per heavy atom. The van der Waals surface area contributed by atoms with Crippen LogP contribution in [0.2, 0.25) is 0 Å². The molecule has 0 saturated carbocycles. The minimum absolute atomic E-state index is 0. The highest BCUT2D eigenvalue weighted by molar-refractivity contribution is 7.10. The minimum atomic E-state index is 0. The summed E-state index contributed by atoms with van der Waals surface area (Å²) >= 11 is 1.91. The maximum atomic E-state index is 2.46. The van der Waals surface area contributed by atoms with Crippen LogP contribution in [0.15, 0.2) is 17.5 Å². The van der Waals surface area contributed by atoms with E-state index in [0.29, 0.717) is 0 Å². The van der Waals surface area contributed by atoms with Crippen LogP contribution in [0.25, 0.3) is 0 Å². The molecular weight excluding hydrogens is 263 g/mol. The number of nitrogens with zero attached hydrogens (tertiary/aromatic N) is 1. The van der Waals surface area contributed by atoms with Gasteiger partial charge in [-0.2, -0.15) is 0 Å². The topological polar surface area (TPSA) is 38.2 Å². The van der Waals surface area contributed by atoms with Gasteiger partial charge in [-0.3, -0.25) is 0 Å². The SMILES string of the molecule is CC1CC(c2cccs2)CCN1C.Cl.Cl.N. The van der Waals surface area contributed by atoms with Gasteiger partial charge in [-0.05, 0) is 50.7 Å². The van der Waals surface area contributed by atoms with Crippen LogP contribution in [0.1, 0.15) is 30.6 Å². The fraction of sp³-hybridized carbons (Fsp3) is 0.636. The number of hydrogen-bond acceptors (Lipinski definition) is 3. The van der Waals surface area contributed by atoms with Gasteiger partial charge >= 0.3 is 0 Å². The van der Waals surface area contributed by atoms with Crippen molar-refractivity contribution in [2.24, 2.45) is 0 Å². The van der Waals surface area contributed by atoms with Gasteiger partial charge in [0.25, 0.3) is 0 Å². The van der Waals surface area contributed by atoms with E-state index in [1.807, 2.05) is 11.3 Å². The molecule has 1 aliphatic heterocycles. The highest BCUT2D eigenvalue weighted by Gasteiger charge is 2.24. The van der Waals surface area contributed by atoms with E-state index in [2.05, 4.69) is 36.4 Å². The molecule has 0 amide bonds. The molecule has 1 aliphatic rings. The van der Waals surface area contributed by atoms with E-state index in [1.165, 1.54) is 19.4 Å². The Morgan fingerprint density at radius 3 is 2.56 bits per heavy atom. The fourth-order valence-corrected chi connectivity index (χ4v) is 2.95. The third-order valence-electron chi connectivity index (χ3n) is 3.15. The Labute approximate surface area is 115 Å². The van der Waals surface area contributed by atoms with E-state index in [9.17, 15) is 0 Å². The van der Waals surface area contributed by atoms with Gasteiger partial charge < -0.3 is 11.1 Å². The standard InChI is InChI=1S/C11H17NS.2ClH.H3N/c1-9-8-10(5-6-12(9)2)11-4-3-7-13-11;;;/h3-4,7,9-10H,5-6,8H2,1-2H3;2*1H;1H3. The summed E-state index contributed by atoms with van der Waals surface area (Å²) in [5.74, 6) is 0.825. The summed E-state index contributed by atoms with van der Waals surface area (Å²) in [6.07, 6.45) is 2.67. The predicted molar refractivity (Wildman–Crippen MR) is 77.9 cm³/mol. The van der Waals surface area contributed by atoms with E-state index in [1.54, 1.807) is 4.88 Å². The summed E-state index contributed by atoms with van der Waals surface area (Å²) in [6.45, 7) is 3.59. The lowest BCUT2D eigenvalue weighted by Crippen LogP contribution is -2.36. The lowest BCUT2D eigenvalue weighted by atomic mass is 9.91. The molecule has 2 rings (SSSR count). The molecule has 2 unspecified atom stereocenters. The van der Waals surface area contributed by atoms with Crippen molar-refractivity contribution in [2.45, 2.75) is 31.7 Å². The van der Waals surface area contributed by atoms with Crippen molar-refractivity contribution < 1.29 is 0 Å². The number of thiophene rings is 1. The Kier molecular flexibility index (Phi) is 9.65. The van der Waals surface area contributed by atoms with Gasteiger partial charge in [0.15, 0.2) is 0 Å². The molecule has 0 spiro atoms. The van der Waals surface area contributed by atoms with E-state index >= 15 is 0 Å². The average Bonchev–Trinajstić information content (AvgIpc) is 2.62. The van der Waals surface area contributed by atoms with Crippen molar-refractivity contribution in [1.82, 2.24) is 11.1 Å². The van der Waals surface area contributed by atoms with E-state index in [-0.39, 0.29) is 31.0 Å². The molecule has 96 valence electrons. The van der Waals surface area contributed by atoms with Gasteiger partial charge in [0, 0.05) is 10.9 Å². The van der Waals surface area contributed by atoms with Crippen LogP contribution in [0.3, 0.4) is 0 Å². The van der Waals surface area contributed by atoms with E-state index < -0.39 is 0 Å².